The molecule has 27 heavy (non-hydrogen) atoms. The summed E-state index contributed by atoms with van der Waals surface area (Å²) in [5.74, 6) is -0.328. The van der Waals surface area contributed by atoms with Gasteiger partial charge in [0.05, 0.1) is 0 Å². The fraction of sp³-hybridized carbons (Fsp3) is 0.560. The molecule has 0 bridgehead atoms. The van der Waals surface area contributed by atoms with Crippen molar-refractivity contribution in [1.29, 1.82) is 0 Å². The van der Waals surface area contributed by atoms with Crippen molar-refractivity contribution in [3.63, 3.8) is 0 Å². The second-order valence-corrected chi connectivity index (χ2v) is 9.82. The van der Waals surface area contributed by atoms with Gasteiger partial charge in [-0.05, 0) is 90.0 Å². The van der Waals surface area contributed by atoms with Crippen molar-refractivity contribution < 1.29 is 9.90 Å². The summed E-state index contributed by atoms with van der Waals surface area (Å²) in [5, 5.41) is 8.86. The smallest absolute Gasteiger partial charge is 0.328 e. The van der Waals surface area contributed by atoms with Crippen LogP contribution in [0.1, 0.15) is 94.9 Å². The van der Waals surface area contributed by atoms with Crippen molar-refractivity contribution >= 4 is 5.97 Å². The average Bonchev–Trinajstić information content (AvgIpc) is 2.57. The maximum absolute atomic E-state index is 10.8. The van der Waals surface area contributed by atoms with Gasteiger partial charge in [0.1, 0.15) is 0 Å². The molecule has 2 aliphatic carbocycles. The molecule has 0 saturated carbocycles. The highest BCUT2D eigenvalue weighted by molar-refractivity contribution is 5.81. The Kier molecular flexibility index (Phi) is 5.38. The highest BCUT2D eigenvalue weighted by atomic mass is 16.4. The maximum Gasteiger partial charge on any atom is 0.328 e. The summed E-state index contributed by atoms with van der Waals surface area (Å²) in [6.07, 6.45) is 12.5. The van der Waals surface area contributed by atoms with Crippen LogP contribution in [0.15, 0.2) is 35.9 Å². The number of aliphatic carboxylic acids is 1. The number of carboxylic acid groups (broad SMARTS) is 1. The van der Waals surface area contributed by atoms with Gasteiger partial charge in [-0.25, -0.2) is 4.79 Å². The van der Waals surface area contributed by atoms with Gasteiger partial charge in [-0.3, -0.25) is 0 Å². The molecule has 3 rings (SSSR count). The number of hydrogen-bond acceptors (Lipinski definition) is 1. The number of fused-ring (bicyclic) bond motifs is 2. The summed E-state index contributed by atoms with van der Waals surface area (Å²) in [7, 11) is 0. The predicted octanol–water partition coefficient (Wildman–Crippen LogP) is 6.43. The SMILES string of the molecule is CC(/C=C/CC1CCCc2cc3c(cc21)C(C)(C)CCC3(C)C)=C\C(=O)O. The first-order valence-electron chi connectivity index (χ1n) is 10.4. The first-order valence-corrected chi connectivity index (χ1v) is 10.4. The van der Waals surface area contributed by atoms with Gasteiger partial charge in [-0.15, -0.1) is 0 Å². The topological polar surface area (TPSA) is 37.3 Å². The highest BCUT2D eigenvalue weighted by Crippen LogP contribution is 2.48. The molecule has 1 unspecified atom stereocenters. The second-order valence-electron chi connectivity index (χ2n) is 9.82. The van der Waals surface area contributed by atoms with Crippen LogP contribution in [0.3, 0.4) is 0 Å². The van der Waals surface area contributed by atoms with Gasteiger partial charge in [0, 0.05) is 6.08 Å². The van der Waals surface area contributed by atoms with Crippen LogP contribution in [0.5, 0.6) is 0 Å². The highest BCUT2D eigenvalue weighted by Gasteiger charge is 2.38. The van der Waals surface area contributed by atoms with Crippen LogP contribution in [0.25, 0.3) is 0 Å². The van der Waals surface area contributed by atoms with Crippen molar-refractivity contribution in [2.24, 2.45) is 0 Å². The molecule has 0 amide bonds. The number of allylic oxidation sites excluding steroid dienone is 3. The minimum absolute atomic E-state index is 0.249. The summed E-state index contributed by atoms with van der Waals surface area (Å²) in [6, 6.07) is 5.06. The predicted molar refractivity (Wildman–Crippen MR) is 113 cm³/mol. The minimum Gasteiger partial charge on any atom is -0.478 e. The Balaban J connectivity index is 1.92. The normalized spacial score (nSPS) is 23.7. The van der Waals surface area contributed by atoms with E-state index in [0.29, 0.717) is 5.92 Å². The Hall–Kier alpha value is -1.83. The molecule has 2 heteroatoms. The third kappa shape index (κ3) is 4.20. The third-order valence-corrected chi connectivity index (χ3v) is 6.70. The van der Waals surface area contributed by atoms with Gasteiger partial charge in [-0.2, -0.15) is 0 Å². The van der Waals surface area contributed by atoms with E-state index in [2.05, 4.69) is 45.9 Å². The minimum atomic E-state index is -0.878. The molecule has 146 valence electrons. The molecule has 0 spiro atoms. The quantitative estimate of drug-likeness (QED) is 0.492. The Morgan fingerprint density at radius 2 is 1.78 bits per heavy atom. The molecule has 0 fully saturated rings. The van der Waals surface area contributed by atoms with Gasteiger partial charge in [0.2, 0.25) is 0 Å². The van der Waals surface area contributed by atoms with Crippen molar-refractivity contribution in [2.75, 3.05) is 0 Å². The molecule has 0 saturated heterocycles. The van der Waals surface area contributed by atoms with E-state index >= 15 is 0 Å². The number of carboxylic acids is 1. The Morgan fingerprint density at radius 3 is 2.41 bits per heavy atom. The van der Waals surface area contributed by atoms with Crippen LogP contribution in [-0.4, -0.2) is 11.1 Å². The van der Waals surface area contributed by atoms with Crippen LogP contribution in [-0.2, 0) is 22.0 Å². The number of rotatable bonds is 4. The van der Waals surface area contributed by atoms with Crippen LogP contribution < -0.4 is 0 Å². The maximum atomic E-state index is 10.8. The third-order valence-electron chi connectivity index (χ3n) is 6.70. The number of hydrogen-bond donors (Lipinski definition) is 1. The number of carbonyl (C=O) groups is 1. The number of aryl methyl sites for hydroxylation is 1. The molecule has 0 aliphatic heterocycles. The fourth-order valence-electron chi connectivity index (χ4n) is 4.87. The van der Waals surface area contributed by atoms with Crippen molar-refractivity contribution in [1.82, 2.24) is 0 Å². The average molecular weight is 367 g/mol. The molecular formula is C25H34O2. The summed E-state index contributed by atoms with van der Waals surface area (Å²) >= 11 is 0. The molecule has 0 heterocycles. The van der Waals surface area contributed by atoms with Gasteiger partial charge < -0.3 is 5.11 Å². The van der Waals surface area contributed by atoms with E-state index < -0.39 is 5.97 Å². The zero-order valence-corrected chi connectivity index (χ0v) is 17.6. The summed E-state index contributed by atoms with van der Waals surface area (Å²) < 4.78 is 0. The monoisotopic (exact) mass is 366 g/mol. The van der Waals surface area contributed by atoms with Crippen molar-refractivity contribution in [3.05, 3.63) is 58.2 Å². The lowest BCUT2D eigenvalue weighted by Crippen LogP contribution is -2.34. The second kappa shape index (κ2) is 7.30. The zero-order valence-electron chi connectivity index (χ0n) is 17.6. The van der Waals surface area contributed by atoms with Gasteiger partial charge in [0.25, 0.3) is 0 Å². The summed E-state index contributed by atoms with van der Waals surface area (Å²) in [6.45, 7) is 11.4. The molecule has 0 aromatic heterocycles. The molecule has 0 radical (unpaired) electrons. The molecule has 1 N–H and O–H groups in total. The zero-order chi connectivity index (χ0) is 19.8. The Bertz CT molecular complexity index is 793. The molecule has 1 aromatic rings. The van der Waals surface area contributed by atoms with Crippen molar-refractivity contribution in [3.8, 4) is 0 Å². The lowest BCUT2D eigenvalue weighted by molar-refractivity contribution is -0.131. The molecule has 2 nitrogen and oxygen atoms in total. The largest absolute Gasteiger partial charge is 0.478 e. The summed E-state index contributed by atoms with van der Waals surface area (Å²) in [5.41, 5.74) is 7.51. The Labute approximate surface area is 164 Å². The van der Waals surface area contributed by atoms with E-state index in [-0.39, 0.29) is 10.8 Å². The first kappa shape index (κ1) is 19.9. The van der Waals surface area contributed by atoms with Gasteiger partial charge >= 0.3 is 5.97 Å². The van der Waals surface area contributed by atoms with Crippen LogP contribution in [0.2, 0.25) is 0 Å². The van der Waals surface area contributed by atoms with Crippen LogP contribution >= 0.6 is 0 Å². The fourth-order valence-corrected chi connectivity index (χ4v) is 4.87. The molecule has 2 aliphatic rings. The van der Waals surface area contributed by atoms with Gasteiger partial charge in [0.15, 0.2) is 0 Å². The van der Waals surface area contributed by atoms with Gasteiger partial charge in [-0.1, -0.05) is 52.0 Å². The molecule has 1 atom stereocenters. The standard InChI is InChI=1S/C25H34O2/c1-17(14-23(26)27)8-6-9-18-10-7-11-19-15-21-22(16-20(18)19)25(4,5)13-12-24(21,2)3/h6,8,14-16,18H,7,9-13H2,1-5H3,(H,26,27)/b8-6+,17-14+. The lowest BCUT2D eigenvalue weighted by atomic mass is 9.61. The van der Waals surface area contributed by atoms with E-state index in [1.165, 1.54) is 43.7 Å². The summed E-state index contributed by atoms with van der Waals surface area (Å²) in [4.78, 5) is 10.8. The van der Waals surface area contributed by atoms with E-state index in [1.54, 1.807) is 16.7 Å². The van der Waals surface area contributed by atoms with E-state index in [9.17, 15) is 4.79 Å². The lowest BCUT2D eigenvalue weighted by Gasteiger charge is -2.43. The Morgan fingerprint density at radius 1 is 1.15 bits per heavy atom. The van der Waals surface area contributed by atoms with E-state index in [4.69, 9.17) is 5.11 Å². The van der Waals surface area contributed by atoms with Crippen LogP contribution in [0.4, 0.5) is 0 Å². The molecule has 1 aromatic carbocycles. The van der Waals surface area contributed by atoms with Crippen LogP contribution in [0, 0.1) is 0 Å². The number of benzene rings is 1. The first-order chi connectivity index (χ1) is 12.6. The van der Waals surface area contributed by atoms with E-state index in [1.807, 2.05) is 13.0 Å². The molecular weight excluding hydrogens is 332 g/mol. The van der Waals surface area contributed by atoms with E-state index in [0.717, 1.165) is 12.0 Å². The van der Waals surface area contributed by atoms with Crippen molar-refractivity contribution in [2.45, 2.75) is 89.9 Å².